The zero-order chi connectivity index (χ0) is 26.5. The number of benzene rings is 3. The van der Waals surface area contributed by atoms with Crippen LogP contribution in [0.15, 0.2) is 75.0 Å². The predicted molar refractivity (Wildman–Crippen MR) is 141 cm³/mol. The molecule has 3 aromatic carbocycles. The summed E-state index contributed by atoms with van der Waals surface area (Å²) >= 11 is 3.36. The summed E-state index contributed by atoms with van der Waals surface area (Å²) in [6, 6.07) is 15.3. The molecule has 0 amide bonds. The maximum absolute atomic E-state index is 13.1. The molecule has 0 aliphatic heterocycles. The Bertz CT molecular complexity index is 1600. The molecule has 0 aliphatic rings. The number of rotatable bonds is 9. The van der Waals surface area contributed by atoms with Crippen LogP contribution in [0.25, 0.3) is 10.9 Å². The predicted octanol–water partition coefficient (Wildman–Crippen LogP) is 5.39. The zero-order valence-electron chi connectivity index (χ0n) is 19.5. The van der Waals surface area contributed by atoms with Gasteiger partial charge in [0.15, 0.2) is 5.75 Å². The van der Waals surface area contributed by atoms with Crippen LogP contribution < -0.4 is 10.3 Å². The number of non-ortho nitro benzene ring substituents is 1. The Morgan fingerprint density at radius 1 is 1.08 bits per heavy atom. The van der Waals surface area contributed by atoms with Gasteiger partial charge >= 0.3 is 5.69 Å². The lowest BCUT2D eigenvalue weighted by Crippen LogP contribution is -2.22. The number of ether oxygens (including phenoxy) is 1. The molecule has 0 saturated carbocycles. The first-order valence-corrected chi connectivity index (χ1v) is 12.0. The Balaban J connectivity index is 1.64. The highest BCUT2D eigenvalue weighted by molar-refractivity contribution is 9.10. The van der Waals surface area contributed by atoms with Crippen LogP contribution in [0.1, 0.15) is 30.3 Å². The van der Waals surface area contributed by atoms with Gasteiger partial charge < -0.3 is 4.74 Å². The van der Waals surface area contributed by atoms with E-state index in [9.17, 15) is 25.0 Å². The summed E-state index contributed by atoms with van der Waals surface area (Å²) in [6.07, 6.45) is 2.61. The molecule has 1 heterocycles. The highest BCUT2D eigenvalue weighted by atomic mass is 79.9. The van der Waals surface area contributed by atoms with Gasteiger partial charge in [-0.1, -0.05) is 35.0 Å². The summed E-state index contributed by atoms with van der Waals surface area (Å²) in [6.45, 7) is 1.87. The molecule has 4 aromatic rings. The molecule has 4 rings (SSSR count). The molecule has 37 heavy (non-hydrogen) atoms. The third-order valence-corrected chi connectivity index (χ3v) is 5.86. The average Bonchev–Trinajstić information content (AvgIpc) is 2.88. The zero-order valence-corrected chi connectivity index (χ0v) is 21.1. The van der Waals surface area contributed by atoms with E-state index in [1.54, 1.807) is 30.3 Å². The molecule has 0 unspecified atom stereocenters. The van der Waals surface area contributed by atoms with Crippen molar-refractivity contribution in [2.24, 2.45) is 5.10 Å². The van der Waals surface area contributed by atoms with Crippen molar-refractivity contribution in [2.45, 2.75) is 26.4 Å². The normalized spacial score (nSPS) is 11.2. The number of nitrogens with zero attached hydrogens (tertiary/aromatic N) is 5. The van der Waals surface area contributed by atoms with Crippen LogP contribution in [0.3, 0.4) is 0 Å². The van der Waals surface area contributed by atoms with Crippen LogP contribution in [-0.2, 0) is 13.0 Å². The number of nitro benzene ring substituents is 2. The van der Waals surface area contributed by atoms with Crippen molar-refractivity contribution in [1.29, 1.82) is 0 Å². The van der Waals surface area contributed by atoms with Crippen molar-refractivity contribution in [2.75, 3.05) is 0 Å². The minimum atomic E-state index is -0.593. The van der Waals surface area contributed by atoms with Crippen molar-refractivity contribution >= 4 is 44.4 Å². The summed E-state index contributed by atoms with van der Waals surface area (Å²) in [5.41, 5.74) is 0.665. The van der Waals surface area contributed by atoms with Crippen LogP contribution in [0, 0.1) is 20.2 Å². The van der Waals surface area contributed by atoms with Gasteiger partial charge in [0.25, 0.3) is 11.2 Å². The van der Waals surface area contributed by atoms with Crippen LogP contribution >= 0.6 is 15.9 Å². The maximum Gasteiger partial charge on any atom is 0.311 e. The molecule has 0 spiro atoms. The summed E-state index contributed by atoms with van der Waals surface area (Å²) in [7, 11) is 0. The van der Waals surface area contributed by atoms with E-state index in [1.165, 1.54) is 41.2 Å². The molecule has 11 nitrogen and oxygen atoms in total. The molecular weight excluding hydrogens is 546 g/mol. The largest absolute Gasteiger partial charge is 0.482 e. The van der Waals surface area contributed by atoms with E-state index >= 15 is 0 Å². The van der Waals surface area contributed by atoms with Gasteiger partial charge in [0.05, 0.1) is 27.0 Å². The minimum absolute atomic E-state index is 0.00489. The number of halogens is 1. The number of aromatic nitrogens is 2. The van der Waals surface area contributed by atoms with Gasteiger partial charge in [0.2, 0.25) is 0 Å². The van der Waals surface area contributed by atoms with Gasteiger partial charge in [-0.2, -0.15) is 9.78 Å². The van der Waals surface area contributed by atoms with E-state index < -0.39 is 9.85 Å². The Morgan fingerprint density at radius 2 is 1.89 bits per heavy atom. The van der Waals surface area contributed by atoms with Crippen LogP contribution in [0.2, 0.25) is 0 Å². The second kappa shape index (κ2) is 11.1. The monoisotopic (exact) mass is 565 g/mol. The van der Waals surface area contributed by atoms with Crippen molar-refractivity contribution < 1.29 is 14.6 Å². The Kier molecular flexibility index (Phi) is 7.68. The lowest BCUT2D eigenvalue weighted by atomic mass is 10.2. The number of hydrogen-bond donors (Lipinski definition) is 0. The SMILES string of the molecule is CCCc1nc2ccc(Br)cc2c(=O)n1N=Cc1ccc(OCc2cccc([N+](=O)[O-])c2)c([N+](=O)[O-])c1. The summed E-state index contributed by atoms with van der Waals surface area (Å²) in [5, 5.41) is 27.4. The second-order valence-electron chi connectivity index (χ2n) is 8.00. The van der Waals surface area contributed by atoms with Crippen LogP contribution in [0.5, 0.6) is 5.75 Å². The number of nitro groups is 2. The third-order valence-electron chi connectivity index (χ3n) is 5.37. The van der Waals surface area contributed by atoms with Gasteiger partial charge in [-0.15, -0.1) is 0 Å². The van der Waals surface area contributed by atoms with Crippen molar-refractivity contribution in [3.05, 3.63) is 113 Å². The quantitative estimate of drug-likeness (QED) is 0.150. The van der Waals surface area contributed by atoms with E-state index in [1.807, 2.05) is 6.92 Å². The highest BCUT2D eigenvalue weighted by Gasteiger charge is 2.17. The fraction of sp³-hybridized carbons (Fsp3) is 0.160. The minimum Gasteiger partial charge on any atom is -0.482 e. The number of aryl methyl sites for hydroxylation is 1. The Hall–Kier alpha value is -4.45. The summed E-state index contributed by atoms with van der Waals surface area (Å²) in [5.74, 6) is 0.472. The first-order chi connectivity index (χ1) is 17.8. The first-order valence-electron chi connectivity index (χ1n) is 11.2. The average molecular weight is 566 g/mol. The lowest BCUT2D eigenvalue weighted by molar-refractivity contribution is -0.386. The van der Waals surface area contributed by atoms with Crippen LogP contribution in [0.4, 0.5) is 11.4 Å². The van der Waals surface area contributed by atoms with E-state index in [0.29, 0.717) is 34.3 Å². The van der Waals surface area contributed by atoms with Crippen LogP contribution in [-0.4, -0.2) is 25.7 Å². The molecule has 0 fully saturated rings. The van der Waals surface area contributed by atoms with Gasteiger partial charge in [0.1, 0.15) is 12.4 Å². The third kappa shape index (κ3) is 5.86. The molecule has 12 heteroatoms. The van der Waals surface area contributed by atoms with E-state index in [4.69, 9.17) is 4.74 Å². The fourth-order valence-corrected chi connectivity index (χ4v) is 3.99. The van der Waals surface area contributed by atoms with Gasteiger partial charge in [-0.05, 0) is 42.3 Å². The van der Waals surface area contributed by atoms with Crippen molar-refractivity contribution in [1.82, 2.24) is 9.66 Å². The van der Waals surface area contributed by atoms with E-state index in [-0.39, 0.29) is 29.3 Å². The number of hydrogen-bond acceptors (Lipinski definition) is 8. The molecule has 0 saturated heterocycles. The molecule has 0 atom stereocenters. The Labute approximate surface area is 218 Å². The Morgan fingerprint density at radius 3 is 2.62 bits per heavy atom. The molecule has 1 aromatic heterocycles. The fourth-order valence-electron chi connectivity index (χ4n) is 3.62. The van der Waals surface area contributed by atoms with E-state index in [2.05, 4.69) is 26.0 Å². The van der Waals surface area contributed by atoms with E-state index in [0.717, 1.165) is 10.9 Å². The molecule has 0 N–H and O–H groups in total. The smallest absolute Gasteiger partial charge is 0.311 e. The molecule has 0 bridgehead atoms. The standard InChI is InChI=1S/C25H20BrN5O6/c1-2-4-24-28-21-9-8-18(26)13-20(21)25(32)29(24)27-14-16-7-10-23(22(12-16)31(35)36)37-15-17-5-3-6-19(11-17)30(33)34/h3,5-14H,2,4,15H2,1H3. The molecule has 0 radical (unpaired) electrons. The van der Waals surface area contributed by atoms with Gasteiger partial charge in [-0.25, -0.2) is 4.98 Å². The number of fused-ring (bicyclic) bond motifs is 1. The molecule has 188 valence electrons. The van der Waals surface area contributed by atoms with Gasteiger partial charge in [-0.3, -0.25) is 25.0 Å². The van der Waals surface area contributed by atoms with Crippen molar-refractivity contribution in [3.63, 3.8) is 0 Å². The summed E-state index contributed by atoms with van der Waals surface area (Å²) < 4.78 is 7.52. The maximum atomic E-state index is 13.1. The second-order valence-corrected chi connectivity index (χ2v) is 8.92. The molecular formula is C25H20BrN5O6. The summed E-state index contributed by atoms with van der Waals surface area (Å²) in [4.78, 5) is 39.2. The lowest BCUT2D eigenvalue weighted by Gasteiger charge is -2.09. The highest BCUT2D eigenvalue weighted by Crippen LogP contribution is 2.29. The molecule has 0 aliphatic carbocycles. The van der Waals surface area contributed by atoms with Gasteiger partial charge in [0, 0.05) is 34.7 Å². The first kappa shape index (κ1) is 25.6. The van der Waals surface area contributed by atoms with Crippen molar-refractivity contribution in [3.8, 4) is 5.75 Å². The topological polar surface area (TPSA) is 143 Å².